The number of hydrogen-bond donors (Lipinski definition) is 4. The monoisotopic (exact) mass is 566 g/mol. The molecule has 2 aliphatic carbocycles. The van der Waals surface area contributed by atoms with Gasteiger partial charge in [-0.1, -0.05) is 0 Å². The van der Waals surface area contributed by atoms with E-state index in [0.717, 1.165) is 6.42 Å². The van der Waals surface area contributed by atoms with Crippen LogP contribution in [0.2, 0.25) is 0 Å². The van der Waals surface area contributed by atoms with Gasteiger partial charge in [0, 0.05) is 63.1 Å². The average molecular weight is 567 g/mol. The van der Waals surface area contributed by atoms with Gasteiger partial charge in [-0.2, -0.15) is 0 Å². The molecule has 1 aromatic heterocycles. The number of piperazine rings is 1. The largest absolute Gasteiger partial charge is 0.481 e. The van der Waals surface area contributed by atoms with Gasteiger partial charge in [0.1, 0.15) is 0 Å². The highest BCUT2D eigenvalue weighted by Crippen LogP contribution is 2.55. The van der Waals surface area contributed by atoms with E-state index in [9.17, 15) is 19.2 Å². The van der Waals surface area contributed by atoms with E-state index in [2.05, 4.69) is 9.97 Å². The van der Waals surface area contributed by atoms with Crippen molar-refractivity contribution in [2.75, 3.05) is 50.7 Å². The Morgan fingerprint density at radius 1 is 1.02 bits per heavy atom. The van der Waals surface area contributed by atoms with Crippen LogP contribution >= 0.6 is 0 Å². The minimum atomic E-state index is -2.74. The lowest BCUT2D eigenvalue weighted by Crippen LogP contribution is -2.47. The van der Waals surface area contributed by atoms with Gasteiger partial charge >= 0.3 is 17.9 Å². The number of anilines is 1. The molecule has 2 aliphatic heterocycles. The third-order valence-corrected chi connectivity index (χ3v) is 7.95. The second kappa shape index (κ2) is 12.9. The Hall–Kier alpha value is -3.32. The van der Waals surface area contributed by atoms with E-state index in [1.165, 1.54) is 12.4 Å². The zero-order chi connectivity index (χ0) is 33.3. The Morgan fingerprint density at radius 2 is 1.65 bits per heavy atom. The Bertz CT molecular complexity index is 1250. The number of amides is 1. The topological polar surface area (TPSA) is 185 Å². The lowest BCUT2D eigenvalue weighted by atomic mass is 9.81. The van der Waals surface area contributed by atoms with E-state index in [1.807, 2.05) is 14.7 Å². The maximum absolute atomic E-state index is 12.9. The number of aliphatic carboxylic acids is 3. The Labute approximate surface area is 239 Å². The quantitative estimate of drug-likeness (QED) is 0.293. The summed E-state index contributed by atoms with van der Waals surface area (Å²) in [4.78, 5) is 57.5. The summed E-state index contributed by atoms with van der Waals surface area (Å²) in [6.45, 7) is 2.23. The molecular weight excluding hydrogens is 522 g/mol. The van der Waals surface area contributed by atoms with Crippen molar-refractivity contribution < 1.29 is 46.5 Å². The molecule has 1 aromatic rings. The number of nitrogens with zero attached hydrogens (tertiary/aromatic N) is 5. The van der Waals surface area contributed by atoms with Gasteiger partial charge in [0.2, 0.25) is 11.9 Å². The number of rotatable bonds is 11. The zero-order valence-corrected chi connectivity index (χ0v) is 22.1. The van der Waals surface area contributed by atoms with Crippen molar-refractivity contribution in [1.29, 1.82) is 0 Å². The van der Waals surface area contributed by atoms with Crippen LogP contribution in [0.25, 0.3) is 0 Å². The first-order valence-electron chi connectivity index (χ1n) is 16.0. The zero-order valence-electron chi connectivity index (χ0n) is 27.1. The van der Waals surface area contributed by atoms with Crippen LogP contribution in [0.1, 0.15) is 51.8 Å². The second-order valence-corrected chi connectivity index (χ2v) is 10.6. The highest BCUT2D eigenvalue weighted by molar-refractivity contribution is 5.88. The molecule has 2 saturated heterocycles. The number of fused-ring (bicyclic) bond motifs is 5. The molecule has 2 bridgehead atoms. The molecule has 0 aromatic carbocycles. The summed E-state index contributed by atoms with van der Waals surface area (Å²) in [5, 5.41) is 33.8. The van der Waals surface area contributed by atoms with Gasteiger partial charge in [-0.25, -0.2) is 14.8 Å². The van der Waals surface area contributed by atoms with Gasteiger partial charge < -0.3 is 30.2 Å². The number of hydrogen-bond acceptors (Lipinski definition) is 9. The molecule has 220 valence electrons. The third-order valence-electron chi connectivity index (χ3n) is 7.95. The lowest BCUT2D eigenvalue weighted by molar-refractivity contribution is -0.170. The first-order chi connectivity index (χ1) is 21.0. The minimum absolute atomic E-state index is 0.0500. The fraction of sp³-hybridized carbons (Fsp3) is 0.704. The Kier molecular flexibility index (Phi) is 7.54. The van der Waals surface area contributed by atoms with Gasteiger partial charge in [0.15, 0.2) is 5.60 Å². The van der Waals surface area contributed by atoms with Crippen LogP contribution in [-0.4, -0.2) is 115 Å². The van der Waals surface area contributed by atoms with E-state index >= 15 is 0 Å². The first kappa shape index (κ1) is 23.4. The summed E-state index contributed by atoms with van der Waals surface area (Å²) in [5.74, 6) is -3.90. The molecule has 6 unspecified atom stereocenters. The van der Waals surface area contributed by atoms with E-state index in [-0.39, 0.29) is 42.0 Å². The van der Waals surface area contributed by atoms with Crippen molar-refractivity contribution in [1.82, 2.24) is 19.8 Å². The van der Waals surface area contributed by atoms with Crippen LogP contribution in [0.3, 0.4) is 0 Å². The summed E-state index contributed by atoms with van der Waals surface area (Å²) >= 11 is 0. The molecule has 4 aliphatic rings. The number of carboxylic acid groups (broad SMARTS) is 3. The molecule has 13 heteroatoms. The van der Waals surface area contributed by atoms with E-state index in [0.29, 0.717) is 58.1 Å². The molecule has 0 spiro atoms. The first-order valence-corrected chi connectivity index (χ1v) is 13.4. The Balaban J connectivity index is 0.000000302. The van der Waals surface area contributed by atoms with Crippen molar-refractivity contribution >= 4 is 29.8 Å². The summed E-state index contributed by atoms with van der Waals surface area (Å²) < 4.78 is 41.1. The van der Waals surface area contributed by atoms with Crippen LogP contribution < -0.4 is 4.90 Å². The summed E-state index contributed by atoms with van der Waals surface area (Å²) in [6, 6.07) is 0.274. The SMILES string of the molecule is O=C(O)CC(O)(CC(=O)O)C(=O)O.[2H]c1cnc(N2CCN(C([2H])([2H])CCCN3CC4C5CC(C([2H])C5[2H])C4C3=O)CC2)nc1. The van der Waals surface area contributed by atoms with Gasteiger partial charge in [-0.3, -0.25) is 19.3 Å². The smallest absolute Gasteiger partial charge is 0.336 e. The molecule has 2 saturated carbocycles. The summed E-state index contributed by atoms with van der Waals surface area (Å²) in [7, 11) is 0. The fourth-order valence-electron chi connectivity index (χ4n) is 6.00. The molecule has 6 atom stereocenters. The van der Waals surface area contributed by atoms with Crippen molar-refractivity contribution in [3.63, 3.8) is 0 Å². The van der Waals surface area contributed by atoms with Crippen molar-refractivity contribution in [2.45, 2.75) is 50.5 Å². The van der Waals surface area contributed by atoms with Crippen molar-refractivity contribution in [3.05, 3.63) is 18.4 Å². The van der Waals surface area contributed by atoms with Crippen molar-refractivity contribution in [3.8, 4) is 0 Å². The number of aromatic nitrogens is 2. The van der Waals surface area contributed by atoms with Gasteiger partial charge in [0.25, 0.3) is 0 Å². The van der Waals surface area contributed by atoms with Gasteiger partial charge in [-0.15, -0.1) is 0 Å². The van der Waals surface area contributed by atoms with E-state index in [1.54, 1.807) is 0 Å². The summed E-state index contributed by atoms with van der Waals surface area (Å²) in [5.41, 5.74) is -2.74. The molecular formula is C27H39N5O8. The molecule has 4 N–H and O–H groups in total. The molecule has 5 rings (SSSR count). The normalized spacial score (nSPS) is 31.7. The second-order valence-electron chi connectivity index (χ2n) is 10.6. The third kappa shape index (κ3) is 7.05. The molecule has 3 heterocycles. The number of carbonyl (C=O) groups is 4. The minimum Gasteiger partial charge on any atom is -0.481 e. The number of carbonyl (C=O) groups excluding carboxylic acids is 1. The van der Waals surface area contributed by atoms with Crippen LogP contribution in [0, 0.1) is 23.7 Å². The highest BCUT2D eigenvalue weighted by Gasteiger charge is 2.55. The number of aliphatic hydroxyl groups is 1. The molecule has 1 amide bonds. The van der Waals surface area contributed by atoms with Crippen LogP contribution in [-0.2, 0) is 19.2 Å². The van der Waals surface area contributed by atoms with E-state index < -0.39 is 49.2 Å². The number of likely N-dealkylation sites (tertiary alicyclic amines) is 1. The van der Waals surface area contributed by atoms with Crippen molar-refractivity contribution in [2.24, 2.45) is 23.7 Å². The number of carboxylic acids is 3. The standard InChI is InChI=1S/C21H31N5O.C6H8O7/c27-20-19-17-5-4-16(14-17)18(19)15-26(20)9-2-1-8-24-10-12-25(13-11-24)21-22-6-3-7-23-21;7-3(8)1-6(13,5(11)12)2-4(9)10/h3,6-7,16-19H,1-2,4-5,8-15H2;13H,1-2H2,(H,7,8)(H,9,10)(H,11,12)/i3D,4D,5D,8D2;. The van der Waals surface area contributed by atoms with Crippen LogP contribution in [0.4, 0.5) is 5.95 Å². The van der Waals surface area contributed by atoms with Crippen LogP contribution in [0.5, 0.6) is 0 Å². The Morgan fingerprint density at radius 3 is 2.25 bits per heavy atom. The maximum atomic E-state index is 12.9. The lowest BCUT2D eigenvalue weighted by Gasteiger charge is -2.34. The molecule has 0 radical (unpaired) electrons. The van der Waals surface area contributed by atoms with Gasteiger partial charge in [-0.05, 0) is 62.3 Å². The molecule has 13 nitrogen and oxygen atoms in total. The maximum Gasteiger partial charge on any atom is 0.336 e. The molecule has 40 heavy (non-hydrogen) atoms. The summed E-state index contributed by atoms with van der Waals surface area (Å²) in [6.07, 6.45) is 1.73. The van der Waals surface area contributed by atoms with Gasteiger partial charge in [0.05, 0.1) is 14.2 Å². The molecule has 4 fully saturated rings. The fourth-order valence-corrected chi connectivity index (χ4v) is 6.00. The predicted molar refractivity (Wildman–Crippen MR) is 141 cm³/mol. The van der Waals surface area contributed by atoms with E-state index in [4.69, 9.17) is 27.3 Å². The van der Waals surface area contributed by atoms with Crippen LogP contribution in [0.15, 0.2) is 18.4 Å². The highest BCUT2D eigenvalue weighted by atomic mass is 16.4. The average Bonchev–Trinajstić information content (AvgIpc) is 3.58. The predicted octanol–water partition coefficient (Wildman–Crippen LogP) is 0.635.